The highest BCUT2D eigenvalue weighted by atomic mass is 32.1. The molecular formula is C17H21NS. The van der Waals surface area contributed by atoms with E-state index in [0.29, 0.717) is 6.04 Å². The Labute approximate surface area is 120 Å². The lowest BCUT2D eigenvalue weighted by Crippen LogP contribution is -2.29. The van der Waals surface area contributed by atoms with E-state index < -0.39 is 0 Å². The molecule has 2 heteroatoms. The van der Waals surface area contributed by atoms with Gasteiger partial charge in [-0.05, 0) is 37.3 Å². The molecule has 0 radical (unpaired) electrons. The molecule has 0 aliphatic carbocycles. The van der Waals surface area contributed by atoms with Gasteiger partial charge in [0.2, 0.25) is 0 Å². The summed E-state index contributed by atoms with van der Waals surface area (Å²) < 4.78 is 1.36. The molecule has 2 unspecified atom stereocenters. The first-order chi connectivity index (χ1) is 9.17. The third-order valence-corrected chi connectivity index (χ3v) is 4.96. The Bertz CT molecular complexity index is 591. The number of fused-ring (bicyclic) bond motifs is 1. The molecule has 0 saturated carbocycles. The van der Waals surface area contributed by atoms with E-state index in [1.54, 1.807) is 0 Å². The lowest BCUT2D eigenvalue weighted by atomic mass is 10.1. The van der Waals surface area contributed by atoms with E-state index in [1.807, 2.05) is 11.3 Å². The molecule has 2 aromatic rings. The normalized spacial score (nSPS) is 14.2. The molecule has 19 heavy (non-hydrogen) atoms. The van der Waals surface area contributed by atoms with Crippen LogP contribution in [0.4, 0.5) is 0 Å². The molecule has 2 rings (SSSR count). The van der Waals surface area contributed by atoms with Gasteiger partial charge in [0, 0.05) is 15.6 Å². The van der Waals surface area contributed by atoms with Crippen LogP contribution in [-0.4, -0.2) is 6.04 Å². The van der Waals surface area contributed by atoms with Gasteiger partial charge in [0.1, 0.15) is 0 Å². The maximum Gasteiger partial charge on any atom is 0.0691 e. The molecule has 0 bridgehead atoms. The first-order valence-electron chi connectivity index (χ1n) is 6.87. The van der Waals surface area contributed by atoms with Crippen molar-refractivity contribution in [3.63, 3.8) is 0 Å². The molecule has 1 nitrogen and oxygen atoms in total. The topological polar surface area (TPSA) is 12.0 Å². The predicted molar refractivity (Wildman–Crippen MR) is 85.6 cm³/mol. The lowest BCUT2D eigenvalue weighted by Gasteiger charge is -2.18. The quantitative estimate of drug-likeness (QED) is 0.780. The largest absolute Gasteiger partial charge is 0.296 e. The maximum absolute atomic E-state index is 5.59. The molecule has 0 amide bonds. The maximum atomic E-state index is 5.59. The number of benzene rings is 1. The summed E-state index contributed by atoms with van der Waals surface area (Å²) in [6.07, 6.45) is 7.73. The summed E-state index contributed by atoms with van der Waals surface area (Å²) in [4.78, 5) is 1.40. The minimum atomic E-state index is 0.171. The summed E-state index contributed by atoms with van der Waals surface area (Å²) in [7, 11) is 0. The van der Waals surface area contributed by atoms with Gasteiger partial charge in [-0.25, -0.2) is 0 Å². The minimum absolute atomic E-state index is 0.171. The van der Waals surface area contributed by atoms with Gasteiger partial charge in [-0.2, -0.15) is 0 Å². The Morgan fingerprint density at radius 1 is 1.37 bits per heavy atom. The Morgan fingerprint density at radius 2 is 2.11 bits per heavy atom. The molecule has 0 saturated heterocycles. The van der Waals surface area contributed by atoms with Crippen molar-refractivity contribution < 1.29 is 0 Å². The third-order valence-electron chi connectivity index (χ3n) is 3.50. The molecule has 1 N–H and O–H groups in total. The number of aryl methyl sites for hydroxylation is 1. The summed E-state index contributed by atoms with van der Waals surface area (Å²) in [5.41, 5.74) is 1.38. The highest BCUT2D eigenvalue weighted by molar-refractivity contribution is 7.19. The van der Waals surface area contributed by atoms with Gasteiger partial charge in [-0.3, -0.25) is 5.32 Å². The molecule has 1 aromatic heterocycles. The van der Waals surface area contributed by atoms with Gasteiger partial charge in [-0.15, -0.1) is 17.8 Å². The second-order valence-electron chi connectivity index (χ2n) is 4.98. The second kappa shape index (κ2) is 6.23. The van der Waals surface area contributed by atoms with Crippen molar-refractivity contribution in [3.05, 3.63) is 34.7 Å². The summed E-state index contributed by atoms with van der Waals surface area (Å²) >= 11 is 1.87. The van der Waals surface area contributed by atoms with Gasteiger partial charge < -0.3 is 0 Å². The van der Waals surface area contributed by atoms with Crippen LogP contribution in [0.3, 0.4) is 0 Å². The van der Waals surface area contributed by atoms with Crippen molar-refractivity contribution in [3.8, 4) is 12.3 Å². The zero-order chi connectivity index (χ0) is 13.8. The van der Waals surface area contributed by atoms with Crippen molar-refractivity contribution in [2.75, 3.05) is 0 Å². The van der Waals surface area contributed by atoms with Gasteiger partial charge in [0.25, 0.3) is 0 Å². The first kappa shape index (κ1) is 14.1. The van der Waals surface area contributed by atoms with Crippen molar-refractivity contribution in [2.45, 2.75) is 45.7 Å². The van der Waals surface area contributed by atoms with Crippen LogP contribution in [-0.2, 0) is 0 Å². The highest BCUT2D eigenvalue weighted by Crippen LogP contribution is 2.34. The van der Waals surface area contributed by atoms with Crippen molar-refractivity contribution >= 4 is 21.4 Å². The summed E-state index contributed by atoms with van der Waals surface area (Å²) in [5.74, 6) is 2.85. The smallest absolute Gasteiger partial charge is 0.0691 e. The highest BCUT2D eigenvalue weighted by Gasteiger charge is 2.16. The van der Waals surface area contributed by atoms with E-state index in [-0.39, 0.29) is 6.04 Å². The average molecular weight is 271 g/mol. The van der Waals surface area contributed by atoms with Crippen LogP contribution in [0.5, 0.6) is 0 Å². The van der Waals surface area contributed by atoms with Crippen LogP contribution < -0.4 is 5.32 Å². The van der Waals surface area contributed by atoms with E-state index in [0.717, 1.165) is 12.8 Å². The van der Waals surface area contributed by atoms with Crippen molar-refractivity contribution in [1.29, 1.82) is 0 Å². The molecule has 0 fully saturated rings. The summed E-state index contributed by atoms with van der Waals surface area (Å²) in [6, 6.07) is 9.07. The van der Waals surface area contributed by atoms with Crippen LogP contribution >= 0.6 is 11.3 Å². The zero-order valence-corrected chi connectivity index (χ0v) is 12.7. The van der Waals surface area contributed by atoms with Gasteiger partial charge in [0.15, 0.2) is 0 Å². The Morgan fingerprint density at radius 3 is 2.74 bits per heavy atom. The predicted octanol–water partition coefficient (Wildman–Crippen LogP) is 4.66. The fourth-order valence-corrected chi connectivity index (χ4v) is 3.71. The number of nitrogens with one attached hydrogen (secondary N) is 1. The Kier molecular flexibility index (Phi) is 4.63. The SMILES string of the molecule is C#CC(CCC)NC(C)c1sc2ccccc2c1C. The van der Waals surface area contributed by atoms with Crippen LogP contribution in [0.2, 0.25) is 0 Å². The number of hydrogen-bond donors (Lipinski definition) is 1. The third kappa shape index (κ3) is 3.00. The standard InChI is InChI=1S/C17H21NS/c1-5-9-14(6-2)18-13(4)17-12(3)15-10-7-8-11-16(15)19-17/h2,7-8,10-11,13-14,18H,5,9H2,1,3-4H3. The summed E-state index contributed by atoms with van der Waals surface area (Å²) in [5, 5.41) is 4.92. The van der Waals surface area contributed by atoms with E-state index >= 15 is 0 Å². The molecular weight excluding hydrogens is 250 g/mol. The average Bonchev–Trinajstić information content (AvgIpc) is 2.76. The monoisotopic (exact) mass is 271 g/mol. The van der Waals surface area contributed by atoms with Crippen LogP contribution in [0.1, 0.15) is 43.2 Å². The number of terminal acetylenes is 1. The Hall–Kier alpha value is -1.30. The minimum Gasteiger partial charge on any atom is -0.296 e. The molecule has 0 spiro atoms. The number of thiophene rings is 1. The molecule has 1 aromatic carbocycles. The fourth-order valence-electron chi connectivity index (χ4n) is 2.49. The van der Waals surface area contributed by atoms with Crippen molar-refractivity contribution in [1.82, 2.24) is 5.32 Å². The van der Waals surface area contributed by atoms with Crippen LogP contribution in [0, 0.1) is 19.3 Å². The van der Waals surface area contributed by atoms with Gasteiger partial charge >= 0.3 is 0 Å². The van der Waals surface area contributed by atoms with E-state index in [4.69, 9.17) is 6.42 Å². The zero-order valence-electron chi connectivity index (χ0n) is 11.9. The lowest BCUT2D eigenvalue weighted by molar-refractivity contribution is 0.499. The van der Waals surface area contributed by atoms with Gasteiger partial charge in [0.05, 0.1) is 6.04 Å². The molecule has 1 heterocycles. The van der Waals surface area contributed by atoms with Crippen LogP contribution in [0.25, 0.3) is 10.1 Å². The van der Waals surface area contributed by atoms with Gasteiger partial charge in [-0.1, -0.05) is 37.5 Å². The summed E-state index contributed by atoms with van der Waals surface area (Å²) in [6.45, 7) is 6.58. The van der Waals surface area contributed by atoms with Crippen LogP contribution in [0.15, 0.2) is 24.3 Å². The van der Waals surface area contributed by atoms with E-state index in [9.17, 15) is 0 Å². The first-order valence-corrected chi connectivity index (χ1v) is 7.69. The molecule has 2 atom stereocenters. The molecule has 0 aliphatic heterocycles. The second-order valence-corrected chi connectivity index (χ2v) is 6.07. The van der Waals surface area contributed by atoms with E-state index in [1.165, 1.54) is 20.5 Å². The fraction of sp³-hybridized carbons (Fsp3) is 0.412. The number of rotatable bonds is 5. The number of hydrogen-bond acceptors (Lipinski definition) is 2. The van der Waals surface area contributed by atoms with E-state index in [2.05, 4.69) is 56.3 Å². The Balaban J connectivity index is 2.24. The molecule has 0 aliphatic rings. The van der Waals surface area contributed by atoms with Crippen molar-refractivity contribution in [2.24, 2.45) is 0 Å². The molecule has 100 valence electrons.